The number of hydrogen-bond donors (Lipinski definition) is 1. The molecule has 0 bridgehead atoms. The van der Waals surface area contributed by atoms with E-state index in [1.165, 1.54) is 5.56 Å². The van der Waals surface area contributed by atoms with Crippen molar-refractivity contribution in [2.45, 2.75) is 19.5 Å². The number of nitrogens with zero attached hydrogens (tertiary/aromatic N) is 2. The van der Waals surface area contributed by atoms with Gasteiger partial charge in [-0.25, -0.2) is 4.98 Å². The Bertz CT molecular complexity index is 1020. The first-order valence-corrected chi connectivity index (χ1v) is 9.89. The Morgan fingerprint density at radius 2 is 1.87 bits per heavy atom. The molecule has 1 aliphatic rings. The number of rotatable bonds is 7. The maximum atomic E-state index is 12.4. The summed E-state index contributed by atoms with van der Waals surface area (Å²) in [6.45, 7) is 2.19. The van der Waals surface area contributed by atoms with Crippen molar-refractivity contribution in [2.75, 3.05) is 27.3 Å². The zero-order chi connectivity index (χ0) is 20.9. The molecule has 0 saturated carbocycles. The molecule has 7 heteroatoms. The van der Waals surface area contributed by atoms with Crippen LogP contribution in [-0.2, 0) is 24.3 Å². The second-order valence-electron chi connectivity index (χ2n) is 7.22. The molecule has 0 radical (unpaired) electrons. The number of ether oxygens (including phenoxy) is 2. The Balaban J connectivity index is 1.32. The Labute approximate surface area is 175 Å². The summed E-state index contributed by atoms with van der Waals surface area (Å²) >= 11 is 0. The number of oxazole rings is 1. The summed E-state index contributed by atoms with van der Waals surface area (Å²) in [6, 6.07) is 13.7. The van der Waals surface area contributed by atoms with Gasteiger partial charge in [0.1, 0.15) is 6.26 Å². The molecule has 0 atom stereocenters. The van der Waals surface area contributed by atoms with E-state index >= 15 is 0 Å². The number of nitrogens with one attached hydrogen (secondary N) is 1. The molecule has 3 aromatic rings. The minimum atomic E-state index is -0.0387. The van der Waals surface area contributed by atoms with Gasteiger partial charge in [0.25, 0.3) is 0 Å². The van der Waals surface area contributed by atoms with Crippen LogP contribution in [0.5, 0.6) is 11.5 Å². The third kappa shape index (κ3) is 4.46. The first kappa shape index (κ1) is 20.0. The van der Waals surface area contributed by atoms with Crippen molar-refractivity contribution in [3.8, 4) is 23.0 Å². The summed E-state index contributed by atoms with van der Waals surface area (Å²) in [4.78, 5) is 19.0. The Morgan fingerprint density at radius 1 is 1.13 bits per heavy atom. The lowest BCUT2D eigenvalue weighted by Gasteiger charge is -2.29. The fourth-order valence-electron chi connectivity index (χ4n) is 3.63. The molecule has 30 heavy (non-hydrogen) atoms. The number of fused-ring (bicyclic) bond motifs is 1. The van der Waals surface area contributed by atoms with Gasteiger partial charge < -0.3 is 19.2 Å². The summed E-state index contributed by atoms with van der Waals surface area (Å²) in [5.74, 6) is 1.97. The number of carbonyl (C=O) groups is 1. The molecule has 1 amide bonds. The van der Waals surface area contributed by atoms with Gasteiger partial charge in [-0.3, -0.25) is 9.69 Å². The maximum Gasteiger partial charge on any atom is 0.234 e. The highest BCUT2D eigenvalue weighted by molar-refractivity contribution is 5.78. The van der Waals surface area contributed by atoms with Crippen LogP contribution in [0.2, 0.25) is 0 Å². The van der Waals surface area contributed by atoms with Crippen molar-refractivity contribution in [3.05, 3.63) is 65.5 Å². The number of hydrogen-bond acceptors (Lipinski definition) is 6. The minimum absolute atomic E-state index is 0.0387. The molecule has 1 N–H and O–H groups in total. The lowest BCUT2D eigenvalue weighted by atomic mass is 9.99. The molecular weight excluding hydrogens is 382 g/mol. The van der Waals surface area contributed by atoms with E-state index in [2.05, 4.69) is 15.2 Å². The van der Waals surface area contributed by atoms with E-state index in [4.69, 9.17) is 13.9 Å². The second-order valence-corrected chi connectivity index (χ2v) is 7.22. The Hall–Kier alpha value is -3.32. The van der Waals surface area contributed by atoms with Gasteiger partial charge in [-0.15, -0.1) is 0 Å². The third-order valence-electron chi connectivity index (χ3n) is 5.20. The fourth-order valence-corrected chi connectivity index (χ4v) is 3.63. The molecule has 0 unspecified atom stereocenters. The number of benzene rings is 2. The highest BCUT2D eigenvalue weighted by atomic mass is 16.5. The van der Waals surface area contributed by atoms with Gasteiger partial charge in [-0.1, -0.05) is 18.2 Å². The third-order valence-corrected chi connectivity index (χ3v) is 5.20. The van der Waals surface area contributed by atoms with Crippen LogP contribution in [0.25, 0.3) is 11.5 Å². The van der Waals surface area contributed by atoms with Crippen LogP contribution >= 0.6 is 0 Å². The maximum absolute atomic E-state index is 12.4. The van der Waals surface area contributed by atoms with E-state index < -0.39 is 0 Å². The van der Waals surface area contributed by atoms with Gasteiger partial charge in [-0.2, -0.15) is 0 Å². The standard InChI is InChI=1S/C23H25N3O4/c1-28-20-10-17-8-9-26(13-18(17)11-21(20)29-2)14-22(27)24-12-19-15-30-23(25-19)16-6-4-3-5-7-16/h3-7,10-11,15H,8-9,12-14H2,1-2H3,(H,24,27). The Kier molecular flexibility index (Phi) is 5.99. The SMILES string of the molecule is COc1cc2c(cc1OC)CN(CC(=O)NCc1coc(-c3ccccc3)n1)CC2. The van der Waals surface area contributed by atoms with Gasteiger partial charge >= 0.3 is 0 Å². The quantitative estimate of drug-likeness (QED) is 0.649. The van der Waals surface area contributed by atoms with Crippen LogP contribution in [0.4, 0.5) is 0 Å². The number of carbonyl (C=O) groups excluding carboxylic acids is 1. The molecule has 1 aromatic heterocycles. The van der Waals surface area contributed by atoms with Crippen LogP contribution in [0.15, 0.2) is 53.1 Å². The lowest BCUT2D eigenvalue weighted by Crippen LogP contribution is -2.39. The van der Waals surface area contributed by atoms with Crippen LogP contribution in [-0.4, -0.2) is 43.1 Å². The lowest BCUT2D eigenvalue weighted by molar-refractivity contribution is -0.122. The van der Waals surface area contributed by atoms with Crippen molar-refractivity contribution < 1.29 is 18.7 Å². The molecule has 156 valence electrons. The normalized spacial score (nSPS) is 13.5. The second kappa shape index (κ2) is 9.00. The van der Waals surface area contributed by atoms with E-state index in [1.807, 2.05) is 42.5 Å². The summed E-state index contributed by atoms with van der Waals surface area (Å²) in [5, 5.41) is 2.93. The molecule has 7 nitrogen and oxygen atoms in total. The minimum Gasteiger partial charge on any atom is -0.493 e. The van der Waals surface area contributed by atoms with E-state index in [0.717, 1.165) is 29.8 Å². The van der Waals surface area contributed by atoms with Gasteiger partial charge in [0.15, 0.2) is 11.5 Å². The zero-order valence-corrected chi connectivity index (χ0v) is 17.2. The number of methoxy groups -OCH3 is 2. The molecular formula is C23H25N3O4. The Morgan fingerprint density at radius 3 is 2.60 bits per heavy atom. The van der Waals surface area contributed by atoms with E-state index in [0.29, 0.717) is 37.0 Å². The van der Waals surface area contributed by atoms with Crippen LogP contribution in [0, 0.1) is 0 Å². The predicted octanol–water partition coefficient (Wildman–Crippen LogP) is 3.03. The van der Waals surface area contributed by atoms with Crippen molar-refractivity contribution in [3.63, 3.8) is 0 Å². The number of amides is 1. The van der Waals surface area contributed by atoms with Gasteiger partial charge in [0, 0.05) is 18.7 Å². The fraction of sp³-hybridized carbons (Fsp3) is 0.304. The van der Waals surface area contributed by atoms with Gasteiger partial charge in [0.05, 0.1) is 33.0 Å². The van der Waals surface area contributed by atoms with Crippen molar-refractivity contribution in [1.82, 2.24) is 15.2 Å². The van der Waals surface area contributed by atoms with E-state index in [9.17, 15) is 4.79 Å². The molecule has 2 heterocycles. The average Bonchev–Trinajstić information content (AvgIpc) is 3.26. The number of aromatic nitrogens is 1. The average molecular weight is 407 g/mol. The molecule has 2 aromatic carbocycles. The van der Waals surface area contributed by atoms with Crippen LogP contribution < -0.4 is 14.8 Å². The van der Waals surface area contributed by atoms with E-state index in [-0.39, 0.29) is 5.91 Å². The highest BCUT2D eigenvalue weighted by Gasteiger charge is 2.21. The summed E-state index contributed by atoms with van der Waals surface area (Å²) in [5.41, 5.74) is 4.01. The smallest absolute Gasteiger partial charge is 0.234 e. The van der Waals surface area contributed by atoms with Crippen LogP contribution in [0.1, 0.15) is 16.8 Å². The molecule has 0 fully saturated rings. The zero-order valence-electron chi connectivity index (χ0n) is 17.2. The van der Waals surface area contributed by atoms with Crippen LogP contribution in [0.3, 0.4) is 0 Å². The monoisotopic (exact) mass is 407 g/mol. The molecule has 0 aliphatic carbocycles. The van der Waals surface area contributed by atoms with Crippen molar-refractivity contribution >= 4 is 5.91 Å². The van der Waals surface area contributed by atoms with E-state index in [1.54, 1.807) is 20.5 Å². The summed E-state index contributed by atoms with van der Waals surface area (Å²) in [6.07, 6.45) is 2.45. The summed E-state index contributed by atoms with van der Waals surface area (Å²) in [7, 11) is 3.27. The van der Waals surface area contributed by atoms with Gasteiger partial charge in [0.2, 0.25) is 11.8 Å². The van der Waals surface area contributed by atoms with Gasteiger partial charge in [-0.05, 0) is 41.8 Å². The highest BCUT2D eigenvalue weighted by Crippen LogP contribution is 2.33. The molecule has 1 aliphatic heterocycles. The molecule has 4 rings (SSSR count). The summed E-state index contributed by atoms with van der Waals surface area (Å²) < 4.78 is 16.3. The molecule has 0 spiro atoms. The largest absolute Gasteiger partial charge is 0.493 e. The topological polar surface area (TPSA) is 76.8 Å². The predicted molar refractivity (Wildman–Crippen MR) is 112 cm³/mol. The van der Waals surface area contributed by atoms with Crippen molar-refractivity contribution in [2.24, 2.45) is 0 Å². The first-order chi connectivity index (χ1) is 14.7. The molecule has 0 saturated heterocycles. The first-order valence-electron chi connectivity index (χ1n) is 9.89. The van der Waals surface area contributed by atoms with Crippen molar-refractivity contribution in [1.29, 1.82) is 0 Å².